The van der Waals surface area contributed by atoms with Gasteiger partial charge in [0.05, 0.1) is 5.52 Å². The summed E-state index contributed by atoms with van der Waals surface area (Å²) in [6.07, 6.45) is 0. The van der Waals surface area contributed by atoms with Gasteiger partial charge in [0.25, 0.3) is 5.91 Å². The molecule has 0 aliphatic heterocycles. The molecule has 1 amide bonds. The van der Waals surface area contributed by atoms with Crippen LogP contribution >= 0.6 is 0 Å². The van der Waals surface area contributed by atoms with Crippen LogP contribution in [0.3, 0.4) is 0 Å². The molecular weight excluding hydrogens is 363 g/mol. The first kappa shape index (κ1) is 17.5. The van der Waals surface area contributed by atoms with Crippen molar-refractivity contribution in [2.24, 2.45) is 7.05 Å². The second kappa shape index (κ2) is 7.03. The summed E-state index contributed by atoms with van der Waals surface area (Å²) in [7, 11) is 1.61. The average molecular weight is 378 g/mol. The summed E-state index contributed by atoms with van der Waals surface area (Å²) in [6, 6.07) is 17.2. The lowest BCUT2D eigenvalue weighted by molar-refractivity contribution is 0.102. The van der Waals surface area contributed by atoms with Crippen LogP contribution in [0.5, 0.6) is 11.5 Å². The molecule has 0 fully saturated rings. The Morgan fingerprint density at radius 2 is 1.82 bits per heavy atom. The zero-order valence-electron chi connectivity index (χ0n) is 14.8. The summed E-state index contributed by atoms with van der Waals surface area (Å²) in [4.78, 5) is 24.0. The van der Waals surface area contributed by atoms with E-state index in [4.69, 9.17) is 9.15 Å². The second-order valence-corrected chi connectivity index (χ2v) is 6.15. The molecule has 1 heterocycles. The van der Waals surface area contributed by atoms with E-state index >= 15 is 0 Å². The van der Waals surface area contributed by atoms with Crippen LogP contribution in [0, 0.1) is 5.82 Å². The van der Waals surface area contributed by atoms with Crippen molar-refractivity contribution in [3.05, 3.63) is 88.7 Å². The smallest absolute Gasteiger partial charge is 0.419 e. The van der Waals surface area contributed by atoms with E-state index in [0.717, 1.165) is 0 Å². The molecular formula is C21H15FN2O4. The van der Waals surface area contributed by atoms with Crippen LogP contribution in [0.15, 0.2) is 75.9 Å². The van der Waals surface area contributed by atoms with Gasteiger partial charge in [0.2, 0.25) is 0 Å². The van der Waals surface area contributed by atoms with Crippen LogP contribution in [0.25, 0.3) is 11.1 Å². The lowest BCUT2D eigenvalue weighted by Gasteiger charge is -2.08. The third-order valence-corrected chi connectivity index (χ3v) is 4.20. The van der Waals surface area contributed by atoms with Gasteiger partial charge >= 0.3 is 5.76 Å². The highest BCUT2D eigenvalue weighted by Crippen LogP contribution is 2.23. The first-order chi connectivity index (χ1) is 13.5. The fourth-order valence-electron chi connectivity index (χ4n) is 2.76. The Hall–Kier alpha value is -3.87. The molecule has 1 aromatic heterocycles. The van der Waals surface area contributed by atoms with E-state index in [-0.39, 0.29) is 11.7 Å². The van der Waals surface area contributed by atoms with Gasteiger partial charge in [-0.05, 0) is 48.5 Å². The largest absolute Gasteiger partial charge is 0.457 e. The van der Waals surface area contributed by atoms with Gasteiger partial charge in [-0.3, -0.25) is 9.36 Å². The predicted octanol–water partition coefficient (Wildman–Crippen LogP) is 4.32. The van der Waals surface area contributed by atoms with Crippen LogP contribution < -0.4 is 15.8 Å². The number of nitrogens with zero attached hydrogens (tertiary/aromatic N) is 1. The average Bonchev–Trinajstić information content (AvgIpc) is 2.96. The molecule has 0 aliphatic carbocycles. The Morgan fingerprint density at radius 3 is 2.57 bits per heavy atom. The fraction of sp³-hybridized carbons (Fsp3) is 0.0476. The molecule has 0 radical (unpaired) electrons. The minimum Gasteiger partial charge on any atom is -0.457 e. The summed E-state index contributed by atoms with van der Waals surface area (Å²) in [6.45, 7) is 0. The molecule has 140 valence electrons. The minimum absolute atomic E-state index is 0.324. The molecule has 7 heteroatoms. The van der Waals surface area contributed by atoms with Gasteiger partial charge in [-0.1, -0.05) is 6.07 Å². The molecule has 0 saturated heterocycles. The van der Waals surface area contributed by atoms with Crippen LogP contribution in [0.4, 0.5) is 10.1 Å². The molecule has 4 aromatic rings. The number of rotatable bonds is 4. The molecule has 3 aromatic carbocycles. The maximum absolute atomic E-state index is 13.2. The van der Waals surface area contributed by atoms with Crippen molar-refractivity contribution in [1.82, 2.24) is 4.57 Å². The first-order valence-corrected chi connectivity index (χ1v) is 8.44. The molecule has 0 bridgehead atoms. The fourth-order valence-corrected chi connectivity index (χ4v) is 2.76. The Kier molecular flexibility index (Phi) is 4.41. The zero-order valence-corrected chi connectivity index (χ0v) is 14.8. The number of nitrogens with one attached hydrogen (secondary N) is 1. The van der Waals surface area contributed by atoms with E-state index in [2.05, 4.69) is 5.32 Å². The van der Waals surface area contributed by atoms with E-state index in [9.17, 15) is 14.0 Å². The highest BCUT2D eigenvalue weighted by Gasteiger charge is 2.10. The Bertz CT molecular complexity index is 1230. The lowest BCUT2D eigenvalue weighted by atomic mass is 10.2. The lowest BCUT2D eigenvalue weighted by Crippen LogP contribution is -2.11. The van der Waals surface area contributed by atoms with Gasteiger partial charge < -0.3 is 14.5 Å². The number of fused-ring (bicyclic) bond motifs is 1. The molecule has 0 spiro atoms. The van der Waals surface area contributed by atoms with Crippen LogP contribution in [-0.2, 0) is 7.05 Å². The second-order valence-electron chi connectivity index (χ2n) is 6.15. The van der Waals surface area contributed by atoms with Gasteiger partial charge in [0.15, 0.2) is 5.58 Å². The number of carbonyl (C=O) groups is 1. The quantitative estimate of drug-likeness (QED) is 0.574. The van der Waals surface area contributed by atoms with Gasteiger partial charge in [-0.2, -0.15) is 0 Å². The van der Waals surface area contributed by atoms with Crippen LogP contribution in [0.1, 0.15) is 10.4 Å². The highest BCUT2D eigenvalue weighted by atomic mass is 19.1. The molecule has 1 N–H and O–H groups in total. The molecule has 6 nitrogen and oxygen atoms in total. The first-order valence-electron chi connectivity index (χ1n) is 8.44. The number of amides is 1. The summed E-state index contributed by atoms with van der Waals surface area (Å²) in [5.74, 6) is -0.327. The van der Waals surface area contributed by atoms with E-state index in [1.165, 1.54) is 16.7 Å². The number of anilines is 1. The van der Waals surface area contributed by atoms with E-state index in [1.807, 2.05) is 0 Å². The number of ether oxygens (including phenoxy) is 1. The Morgan fingerprint density at radius 1 is 1.04 bits per heavy atom. The van der Waals surface area contributed by atoms with Crippen LogP contribution in [-0.4, -0.2) is 10.5 Å². The number of aromatic nitrogens is 1. The third-order valence-electron chi connectivity index (χ3n) is 4.20. The van der Waals surface area contributed by atoms with Crippen molar-refractivity contribution in [3.8, 4) is 11.5 Å². The molecule has 0 unspecified atom stereocenters. The number of aryl methyl sites for hydroxylation is 1. The van der Waals surface area contributed by atoms with Gasteiger partial charge in [-0.15, -0.1) is 0 Å². The number of carbonyl (C=O) groups excluding carboxylic acids is 1. The number of benzene rings is 3. The van der Waals surface area contributed by atoms with Gasteiger partial charge in [-0.25, -0.2) is 9.18 Å². The standard InChI is InChI=1S/C21H15FN2O4/c1-24-18-10-7-15(12-19(18)28-21(24)26)23-20(25)13-5-8-16(9-6-13)27-17-4-2-3-14(22)11-17/h2-12H,1H3,(H,23,25). The summed E-state index contributed by atoms with van der Waals surface area (Å²) in [5, 5.41) is 2.76. The van der Waals surface area contributed by atoms with Crippen molar-refractivity contribution in [3.63, 3.8) is 0 Å². The van der Waals surface area contributed by atoms with Crippen molar-refractivity contribution in [2.75, 3.05) is 5.32 Å². The van der Waals surface area contributed by atoms with Crippen molar-refractivity contribution in [2.45, 2.75) is 0 Å². The molecule has 0 saturated carbocycles. The summed E-state index contributed by atoms with van der Waals surface area (Å²) < 4.78 is 25.3. The summed E-state index contributed by atoms with van der Waals surface area (Å²) >= 11 is 0. The van der Waals surface area contributed by atoms with E-state index < -0.39 is 5.76 Å². The van der Waals surface area contributed by atoms with E-state index in [0.29, 0.717) is 33.8 Å². The maximum Gasteiger partial charge on any atom is 0.419 e. The zero-order chi connectivity index (χ0) is 19.7. The molecule has 0 aliphatic rings. The topological polar surface area (TPSA) is 73.5 Å². The third kappa shape index (κ3) is 3.50. The van der Waals surface area contributed by atoms with Crippen molar-refractivity contribution >= 4 is 22.7 Å². The summed E-state index contributed by atoms with van der Waals surface area (Å²) in [5.41, 5.74) is 1.96. The monoisotopic (exact) mass is 378 g/mol. The number of halogens is 1. The molecule has 0 atom stereocenters. The predicted molar refractivity (Wildman–Crippen MR) is 102 cm³/mol. The van der Waals surface area contributed by atoms with Gasteiger partial charge in [0, 0.05) is 30.4 Å². The normalized spacial score (nSPS) is 10.8. The molecule has 28 heavy (non-hydrogen) atoms. The maximum atomic E-state index is 13.2. The number of hydrogen-bond acceptors (Lipinski definition) is 4. The number of hydrogen-bond donors (Lipinski definition) is 1. The Balaban J connectivity index is 1.48. The van der Waals surface area contributed by atoms with E-state index in [1.54, 1.807) is 61.6 Å². The van der Waals surface area contributed by atoms with Crippen molar-refractivity contribution in [1.29, 1.82) is 0 Å². The SMILES string of the molecule is Cn1c(=O)oc2cc(NC(=O)c3ccc(Oc4cccc(F)c4)cc3)ccc21. The number of oxazole rings is 1. The Labute approximate surface area is 158 Å². The highest BCUT2D eigenvalue weighted by molar-refractivity contribution is 6.04. The molecule has 4 rings (SSSR count). The van der Waals surface area contributed by atoms with Gasteiger partial charge in [0.1, 0.15) is 17.3 Å². The minimum atomic E-state index is -0.465. The van der Waals surface area contributed by atoms with Crippen LogP contribution in [0.2, 0.25) is 0 Å². The van der Waals surface area contributed by atoms with Crippen molar-refractivity contribution < 1.29 is 18.3 Å².